The van der Waals surface area contributed by atoms with Crippen molar-refractivity contribution < 1.29 is 0 Å². The van der Waals surface area contributed by atoms with Gasteiger partial charge in [0.05, 0.1) is 0 Å². The van der Waals surface area contributed by atoms with Gasteiger partial charge in [0.1, 0.15) is 0 Å². The second-order valence-electron chi connectivity index (χ2n) is 4.37. The Morgan fingerprint density at radius 1 is 1.12 bits per heavy atom. The number of nitrogens with one attached hydrogen (secondary N) is 1. The summed E-state index contributed by atoms with van der Waals surface area (Å²) in [7, 11) is 2.00. The number of hydrogen-bond acceptors (Lipinski definition) is 1. The lowest BCUT2D eigenvalue weighted by Crippen LogP contribution is -2.17. The molecule has 0 fully saturated rings. The van der Waals surface area contributed by atoms with Crippen LogP contribution in [0.25, 0.3) is 0 Å². The molecule has 0 radical (unpaired) electrons. The van der Waals surface area contributed by atoms with E-state index in [-0.39, 0.29) is 0 Å². The lowest BCUT2D eigenvalue weighted by molar-refractivity contribution is 0.568. The summed E-state index contributed by atoms with van der Waals surface area (Å²) in [6.45, 7) is 3.23. The fourth-order valence-corrected chi connectivity index (χ4v) is 2.07. The highest BCUT2D eigenvalue weighted by Crippen LogP contribution is 2.13. The van der Waals surface area contributed by atoms with Crippen LogP contribution in [0.1, 0.15) is 24.2 Å². The Morgan fingerprint density at radius 3 is 2.59 bits per heavy atom. The van der Waals surface area contributed by atoms with Crippen LogP contribution in [0, 0.1) is 0 Å². The molecule has 2 aromatic rings. The minimum atomic E-state index is 0.403. The first kappa shape index (κ1) is 11.9. The molecular weight excluding hydrogens is 208 g/mol. The highest BCUT2D eigenvalue weighted by atomic mass is 15.0. The summed E-state index contributed by atoms with van der Waals surface area (Å²) >= 11 is 0. The smallest absolute Gasteiger partial charge is 0.0443 e. The van der Waals surface area contributed by atoms with Gasteiger partial charge >= 0.3 is 0 Å². The highest BCUT2D eigenvalue weighted by Gasteiger charge is 2.07. The number of hydrogen-bond donors (Lipinski definition) is 1. The van der Waals surface area contributed by atoms with E-state index in [1.54, 1.807) is 0 Å². The van der Waals surface area contributed by atoms with Crippen molar-refractivity contribution in [2.75, 3.05) is 7.05 Å². The molecule has 2 nitrogen and oxygen atoms in total. The number of rotatable bonds is 5. The molecule has 1 unspecified atom stereocenters. The van der Waals surface area contributed by atoms with Crippen molar-refractivity contribution in [2.45, 2.75) is 25.9 Å². The molecule has 0 aliphatic rings. The third kappa shape index (κ3) is 2.98. The molecule has 17 heavy (non-hydrogen) atoms. The molecule has 1 atom stereocenters. The second kappa shape index (κ2) is 5.69. The SMILES string of the molecule is CNC(C)c1cccn1CCc1ccccc1. The lowest BCUT2D eigenvalue weighted by Gasteiger charge is -2.14. The van der Waals surface area contributed by atoms with E-state index in [0.29, 0.717) is 6.04 Å². The van der Waals surface area contributed by atoms with Crippen molar-refractivity contribution in [2.24, 2.45) is 0 Å². The van der Waals surface area contributed by atoms with Gasteiger partial charge in [-0.2, -0.15) is 0 Å². The molecule has 0 bridgehead atoms. The summed E-state index contributed by atoms with van der Waals surface area (Å²) < 4.78 is 2.33. The number of nitrogens with zero attached hydrogens (tertiary/aromatic N) is 1. The van der Waals surface area contributed by atoms with E-state index in [9.17, 15) is 0 Å². The van der Waals surface area contributed by atoms with Crippen LogP contribution >= 0.6 is 0 Å². The molecule has 1 N–H and O–H groups in total. The minimum Gasteiger partial charge on any atom is -0.350 e. The van der Waals surface area contributed by atoms with E-state index < -0.39 is 0 Å². The Balaban J connectivity index is 2.02. The molecule has 0 aliphatic carbocycles. The van der Waals surface area contributed by atoms with Gasteiger partial charge in [-0.1, -0.05) is 30.3 Å². The molecule has 2 heteroatoms. The fourth-order valence-electron chi connectivity index (χ4n) is 2.07. The van der Waals surface area contributed by atoms with Crippen LogP contribution in [0.2, 0.25) is 0 Å². The van der Waals surface area contributed by atoms with E-state index in [2.05, 4.69) is 65.5 Å². The summed E-state index contributed by atoms with van der Waals surface area (Å²) in [5.41, 5.74) is 2.74. The van der Waals surface area contributed by atoms with E-state index in [1.807, 2.05) is 7.05 Å². The zero-order valence-corrected chi connectivity index (χ0v) is 10.6. The van der Waals surface area contributed by atoms with Crippen LogP contribution < -0.4 is 5.32 Å². The Bertz CT molecular complexity index is 445. The van der Waals surface area contributed by atoms with Gasteiger partial charge in [0.2, 0.25) is 0 Å². The maximum Gasteiger partial charge on any atom is 0.0443 e. The van der Waals surface area contributed by atoms with Gasteiger partial charge < -0.3 is 9.88 Å². The number of benzene rings is 1. The van der Waals surface area contributed by atoms with E-state index in [1.165, 1.54) is 11.3 Å². The summed E-state index contributed by atoms with van der Waals surface area (Å²) in [4.78, 5) is 0. The summed E-state index contributed by atoms with van der Waals surface area (Å²) in [5.74, 6) is 0. The van der Waals surface area contributed by atoms with Gasteiger partial charge in [0, 0.05) is 24.5 Å². The Hall–Kier alpha value is -1.54. The van der Waals surface area contributed by atoms with E-state index in [0.717, 1.165) is 13.0 Å². The Kier molecular flexibility index (Phi) is 3.99. The summed E-state index contributed by atoms with van der Waals surface area (Å²) in [6, 6.07) is 15.3. The lowest BCUT2D eigenvalue weighted by atomic mass is 10.1. The van der Waals surface area contributed by atoms with Crippen LogP contribution in [-0.2, 0) is 13.0 Å². The molecule has 0 aliphatic heterocycles. The van der Waals surface area contributed by atoms with Gasteiger partial charge in [-0.05, 0) is 38.1 Å². The van der Waals surface area contributed by atoms with Gasteiger partial charge in [0.25, 0.3) is 0 Å². The van der Waals surface area contributed by atoms with Crippen LogP contribution in [0.4, 0.5) is 0 Å². The highest BCUT2D eigenvalue weighted by molar-refractivity contribution is 5.16. The molecular formula is C15H20N2. The van der Waals surface area contributed by atoms with Crippen LogP contribution in [0.3, 0.4) is 0 Å². The first-order valence-corrected chi connectivity index (χ1v) is 6.17. The third-order valence-corrected chi connectivity index (χ3v) is 3.23. The molecule has 0 spiro atoms. The van der Waals surface area contributed by atoms with Crippen LogP contribution in [0.5, 0.6) is 0 Å². The molecule has 1 aromatic heterocycles. The number of aromatic nitrogens is 1. The molecule has 1 heterocycles. The Morgan fingerprint density at radius 2 is 1.88 bits per heavy atom. The van der Waals surface area contributed by atoms with Crippen LogP contribution in [0.15, 0.2) is 48.7 Å². The van der Waals surface area contributed by atoms with Crippen molar-refractivity contribution in [1.82, 2.24) is 9.88 Å². The molecule has 1 aromatic carbocycles. The molecule has 0 amide bonds. The zero-order chi connectivity index (χ0) is 12.1. The van der Waals surface area contributed by atoms with Crippen molar-refractivity contribution >= 4 is 0 Å². The van der Waals surface area contributed by atoms with Crippen molar-refractivity contribution in [3.63, 3.8) is 0 Å². The van der Waals surface area contributed by atoms with Gasteiger partial charge in [0.15, 0.2) is 0 Å². The number of aryl methyl sites for hydroxylation is 2. The maximum atomic E-state index is 3.29. The first-order chi connectivity index (χ1) is 8.31. The average Bonchev–Trinajstić information content (AvgIpc) is 2.85. The predicted octanol–water partition coefficient (Wildman–Crippen LogP) is 3.01. The quantitative estimate of drug-likeness (QED) is 0.832. The largest absolute Gasteiger partial charge is 0.350 e. The first-order valence-electron chi connectivity index (χ1n) is 6.17. The summed E-state index contributed by atoms with van der Waals surface area (Å²) in [5, 5.41) is 3.29. The third-order valence-electron chi connectivity index (χ3n) is 3.23. The van der Waals surface area contributed by atoms with Crippen molar-refractivity contribution in [1.29, 1.82) is 0 Å². The second-order valence-corrected chi connectivity index (χ2v) is 4.37. The normalized spacial score (nSPS) is 12.6. The predicted molar refractivity (Wildman–Crippen MR) is 72.1 cm³/mol. The van der Waals surface area contributed by atoms with E-state index in [4.69, 9.17) is 0 Å². The monoisotopic (exact) mass is 228 g/mol. The zero-order valence-electron chi connectivity index (χ0n) is 10.6. The van der Waals surface area contributed by atoms with Gasteiger partial charge in [-0.25, -0.2) is 0 Å². The maximum absolute atomic E-state index is 3.29. The van der Waals surface area contributed by atoms with E-state index >= 15 is 0 Å². The molecule has 0 saturated carbocycles. The fraction of sp³-hybridized carbons (Fsp3) is 0.333. The van der Waals surface area contributed by atoms with Crippen molar-refractivity contribution in [3.8, 4) is 0 Å². The standard InChI is InChI=1S/C15H20N2/c1-13(16-2)15-9-6-11-17(15)12-10-14-7-4-3-5-8-14/h3-9,11,13,16H,10,12H2,1-2H3. The van der Waals surface area contributed by atoms with Crippen LogP contribution in [-0.4, -0.2) is 11.6 Å². The average molecular weight is 228 g/mol. The molecule has 90 valence electrons. The topological polar surface area (TPSA) is 17.0 Å². The summed E-state index contributed by atoms with van der Waals surface area (Å²) in [6.07, 6.45) is 3.24. The Labute approximate surface area is 103 Å². The molecule has 2 rings (SSSR count). The van der Waals surface area contributed by atoms with Crippen molar-refractivity contribution in [3.05, 3.63) is 59.9 Å². The van der Waals surface area contributed by atoms with Gasteiger partial charge in [-0.3, -0.25) is 0 Å². The minimum absolute atomic E-state index is 0.403. The van der Waals surface area contributed by atoms with Gasteiger partial charge in [-0.15, -0.1) is 0 Å². The molecule has 0 saturated heterocycles.